The van der Waals surface area contributed by atoms with Crippen molar-refractivity contribution >= 4 is 11.9 Å². The highest BCUT2D eigenvalue weighted by Gasteiger charge is 2.72. The largest absolute Gasteiger partial charge is 0.466 e. The lowest BCUT2D eigenvalue weighted by atomic mass is 9.56. The van der Waals surface area contributed by atoms with E-state index in [1.165, 1.54) is 11.1 Å². The molecule has 1 fully saturated rings. The van der Waals surface area contributed by atoms with Gasteiger partial charge in [0.2, 0.25) is 0 Å². The molecule has 2 bridgehead atoms. The summed E-state index contributed by atoms with van der Waals surface area (Å²) in [4.78, 5) is 25.4. The van der Waals surface area contributed by atoms with Gasteiger partial charge in [-0.15, -0.1) is 0 Å². The van der Waals surface area contributed by atoms with Crippen molar-refractivity contribution in [2.24, 2.45) is 22.7 Å². The molecule has 2 rings (SSSR count). The Bertz CT molecular complexity index is 463. The Kier molecular flexibility index (Phi) is 3.94. The molecule has 0 N–H and O–H groups in total. The standard InChI is InChI=1S/C17H26O4/c1-7-20-14(18)16(5)12-9-13(11(4)10(12)3)17(16,6)15(19)21-8-2/h12-13H,7-9H2,1-6H3/t12-,13-,16?,17?/m0/s1. The molecule has 0 saturated heterocycles. The highest BCUT2D eigenvalue weighted by molar-refractivity contribution is 5.91. The van der Waals surface area contributed by atoms with Gasteiger partial charge in [-0.25, -0.2) is 0 Å². The summed E-state index contributed by atoms with van der Waals surface area (Å²) in [7, 11) is 0. The Morgan fingerprint density at radius 2 is 1.29 bits per heavy atom. The van der Waals surface area contributed by atoms with E-state index in [0.717, 1.165) is 6.42 Å². The summed E-state index contributed by atoms with van der Waals surface area (Å²) >= 11 is 0. The van der Waals surface area contributed by atoms with Gasteiger partial charge in [0.15, 0.2) is 0 Å². The van der Waals surface area contributed by atoms with Gasteiger partial charge in [0.25, 0.3) is 0 Å². The fraction of sp³-hybridized carbons (Fsp3) is 0.765. The number of carbonyl (C=O) groups is 2. The fourth-order valence-corrected chi connectivity index (χ4v) is 4.47. The van der Waals surface area contributed by atoms with Gasteiger partial charge in [0.05, 0.1) is 24.0 Å². The second kappa shape index (κ2) is 5.15. The predicted octanol–water partition coefficient (Wildman–Crippen LogP) is 3.11. The molecule has 4 atom stereocenters. The molecule has 1 saturated carbocycles. The minimum absolute atomic E-state index is 0.0657. The van der Waals surface area contributed by atoms with Crippen molar-refractivity contribution in [3.63, 3.8) is 0 Å². The van der Waals surface area contributed by atoms with Gasteiger partial charge < -0.3 is 9.47 Å². The van der Waals surface area contributed by atoms with Crippen molar-refractivity contribution in [1.29, 1.82) is 0 Å². The van der Waals surface area contributed by atoms with Crippen LogP contribution >= 0.6 is 0 Å². The number of ether oxygens (including phenoxy) is 2. The minimum Gasteiger partial charge on any atom is -0.466 e. The second-order valence-corrected chi connectivity index (χ2v) is 6.55. The molecule has 4 nitrogen and oxygen atoms in total. The minimum atomic E-state index is -0.844. The van der Waals surface area contributed by atoms with Crippen LogP contribution in [0.3, 0.4) is 0 Å². The van der Waals surface area contributed by atoms with Gasteiger partial charge in [-0.3, -0.25) is 9.59 Å². The molecule has 0 heterocycles. The number of hydrogen-bond acceptors (Lipinski definition) is 4. The van der Waals surface area contributed by atoms with Crippen LogP contribution in [-0.2, 0) is 19.1 Å². The van der Waals surface area contributed by atoms with E-state index in [1.54, 1.807) is 13.8 Å². The molecule has 0 amide bonds. The Labute approximate surface area is 126 Å². The monoisotopic (exact) mass is 294 g/mol. The predicted molar refractivity (Wildman–Crippen MR) is 79.5 cm³/mol. The smallest absolute Gasteiger partial charge is 0.313 e. The topological polar surface area (TPSA) is 52.6 Å². The zero-order valence-electron chi connectivity index (χ0n) is 13.9. The molecular formula is C17H26O4. The summed E-state index contributed by atoms with van der Waals surface area (Å²) < 4.78 is 10.6. The Balaban J connectivity index is 2.55. The van der Waals surface area contributed by atoms with Crippen LogP contribution in [0.25, 0.3) is 0 Å². The van der Waals surface area contributed by atoms with Crippen LogP contribution in [0.2, 0.25) is 0 Å². The molecule has 21 heavy (non-hydrogen) atoms. The first-order valence-corrected chi connectivity index (χ1v) is 7.78. The number of hydrogen-bond donors (Lipinski definition) is 0. The van der Waals surface area contributed by atoms with Gasteiger partial charge in [-0.05, 0) is 59.8 Å². The number of esters is 2. The van der Waals surface area contributed by atoms with E-state index in [9.17, 15) is 9.59 Å². The number of carbonyl (C=O) groups excluding carboxylic acids is 2. The normalized spacial score (nSPS) is 37.8. The maximum Gasteiger partial charge on any atom is 0.313 e. The van der Waals surface area contributed by atoms with E-state index in [1.807, 2.05) is 13.8 Å². The molecule has 0 aromatic rings. The van der Waals surface area contributed by atoms with Crippen molar-refractivity contribution in [3.8, 4) is 0 Å². The Hall–Kier alpha value is -1.32. The maximum atomic E-state index is 12.7. The van der Waals surface area contributed by atoms with Crippen LogP contribution in [-0.4, -0.2) is 25.2 Å². The first kappa shape index (κ1) is 16.1. The Morgan fingerprint density at radius 3 is 1.57 bits per heavy atom. The van der Waals surface area contributed by atoms with E-state index in [0.29, 0.717) is 13.2 Å². The third kappa shape index (κ3) is 1.80. The van der Waals surface area contributed by atoms with Gasteiger partial charge in [0, 0.05) is 0 Å². The molecule has 118 valence electrons. The van der Waals surface area contributed by atoms with Gasteiger partial charge >= 0.3 is 11.9 Å². The highest BCUT2D eigenvalue weighted by Crippen LogP contribution is 2.68. The average Bonchev–Trinajstić information content (AvgIpc) is 2.86. The first-order chi connectivity index (χ1) is 9.76. The maximum absolute atomic E-state index is 12.7. The summed E-state index contributed by atoms with van der Waals surface area (Å²) in [6, 6.07) is 0. The first-order valence-electron chi connectivity index (χ1n) is 7.78. The van der Waals surface area contributed by atoms with Crippen molar-refractivity contribution in [1.82, 2.24) is 0 Å². The molecule has 4 heteroatoms. The van der Waals surface area contributed by atoms with Gasteiger partial charge in [-0.2, -0.15) is 0 Å². The van der Waals surface area contributed by atoms with Crippen LogP contribution in [0, 0.1) is 22.7 Å². The van der Waals surface area contributed by atoms with Gasteiger partial charge in [-0.1, -0.05) is 11.1 Å². The van der Waals surface area contributed by atoms with E-state index in [2.05, 4.69) is 13.8 Å². The summed E-state index contributed by atoms with van der Waals surface area (Å²) in [6.07, 6.45) is 0.836. The molecule has 0 aliphatic heterocycles. The van der Waals surface area contributed by atoms with E-state index < -0.39 is 10.8 Å². The third-order valence-corrected chi connectivity index (χ3v) is 6.01. The van der Waals surface area contributed by atoms with Crippen LogP contribution in [0.4, 0.5) is 0 Å². The van der Waals surface area contributed by atoms with E-state index in [4.69, 9.17) is 9.47 Å². The van der Waals surface area contributed by atoms with Crippen LogP contribution in [0.15, 0.2) is 11.1 Å². The number of fused-ring (bicyclic) bond motifs is 2. The lowest BCUT2D eigenvalue weighted by Crippen LogP contribution is -2.54. The molecular weight excluding hydrogens is 268 g/mol. The van der Waals surface area contributed by atoms with E-state index >= 15 is 0 Å². The molecule has 0 spiro atoms. The van der Waals surface area contributed by atoms with Crippen molar-refractivity contribution in [3.05, 3.63) is 11.1 Å². The molecule has 0 radical (unpaired) electrons. The van der Waals surface area contributed by atoms with Crippen molar-refractivity contribution in [2.75, 3.05) is 13.2 Å². The van der Waals surface area contributed by atoms with Crippen LogP contribution < -0.4 is 0 Å². The van der Waals surface area contributed by atoms with Crippen molar-refractivity contribution in [2.45, 2.75) is 48.0 Å². The zero-order valence-corrected chi connectivity index (χ0v) is 13.9. The van der Waals surface area contributed by atoms with Crippen LogP contribution in [0.5, 0.6) is 0 Å². The third-order valence-electron chi connectivity index (χ3n) is 6.01. The molecule has 2 aliphatic rings. The van der Waals surface area contributed by atoms with E-state index in [-0.39, 0.29) is 23.8 Å². The molecule has 0 aromatic heterocycles. The number of allylic oxidation sites excluding steroid dienone is 2. The fourth-order valence-electron chi connectivity index (χ4n) is 4.47. The quantitative estimate of drug-likeness (QED) is 0.590. The summed E-state index contributed by atoms with van der Waals surface area (Å²) in [5.41, 5.74) is 0.780. The summed E-state index contributed by atoms with van der Waals surface area (Å²) in [6.45, 7) is 12.1. The SMILES string of the molecule is CCOC(=O)C1(C)[C@H]2C[C@@H](C(C)=C2C)C1(C)C(=O)OCC. The highest BCUT2D eigenvalue weighted by atomic mass is 16.5. The lowest BCUT2D eigenvalue weighted by molar-refractivity contribution is -0.180. The summed E-state index contributed by atoms with van der Waals surface area (Å²) in [5.74, 6) is -0.424. The molecule has 2 unspecified atom stereocenters. The second-order valence-electron chi connectivity index (χ2n) is 6.55. The summed E-state index contributed by atoms with van der Waals surface area (Å²) in [5, 5.41) is 0. The zero-order chi connectivity index (χ0) is 16.0. The van der Waals surface area contributed by atoms with Crippen LogP contribution in [0.1, 0.15) is 48.0 Å². The molecule has 2 aliphatic carbocycles. The lowest BCUT2D eigenvalue weighted by Gasteiger charge is -2.46. The van der Waals surface area contributed by atoms with Gasteiger partial charge in [0.1, 0.15) is 0 Å². The Morgan fingerprint density at radius 1 is 0.952 bits per heavy atom. The number of rotatable bonds is 4. The average molecular weight is 294 g/mol. The molecule has 0 aromatic carbocycles. The van der Waals surface area contributed by atoms with Crippen molar-refractivity contribution < 1.29 is 19.1 Å².